The van der Waals surface area contributed by atoms with E-state index in [-0.39, 0.29) is 0 Å². The third-order valence-electron chi connectivity index (χ3n) is 4.17. The molecule has 1 aromatic rings. The second-order valence-corrected chi connectivity index (χ2v) is 7.07. The molecule has 1 heterocycles. The standard InChI is InChI=1S/C15H25IN4/c1-19-7-8-20(2)15(11-19)10-14(18-17)9-12-3-5-13(16)6-4-12/h3-6,14-15,18H,7-11,17H2,1-2H3. The first-order valence-corrected chi connectivity index (χ1v) is 8.25. The van der Waals surface area contributed by atoms with Crippen molar-refractivity contribution < 1.29 is 0 Å². The number of hydrazine groups is 1. The van der Waals surface area contributed by atoms with Crippen molar-refractivity contribution in [2.24, 2.45) is 5.84 Å². The number of hydrogen-bond donors (Lipinski definition) is 2. The van der Waals surface area contributed by atoms with Crippen LogP contribution in [-0.4, -0.2) is 55.6 Å². The van der Waals surface area contributed by atoms with Crippen molar-refractivity contribution >= 4 is 22.6 Å². The summed E-state index contributed by atoms with van der Waals surface area (Å²) in [4.78, 5) is 4.86. The molecule has 0 saturated carbocycles. The van der Waals surface area contributed by atoms with Gasteiger partial charge in [-0.15, -0.1) is 0 Å². The summed E-state index contributed by atoms with van der Waals surface area (Å²) in [5, 5.41) is 0. The van der Waals surface area contributed by atoms with Crippen molar-refractivity contribution in [1.29, 1.82) is 0 Å². The predicted octanol–water partition coefficient (Wildman–Crippen LogP) is 1.30. The van der Waals surface area contributed by atoms with Gasteiger partial charge in [-0.25, -0.2) is 0 Å². The normalized spacial score (nSPS) is 22.9. The number of likely N-dealkylation sites (N-methyl/N-ethyl adjacent to an activating group) is 2. The summed E-state index contributed by atoms with van der Waals surface area (Å²) in [5.41, 5.74) is 4.35. The molecule has 0 radical (unpaired) electrons. The van der Waals surface area contributed by atoms with E-state index in [1.165, 1.54) is 9.13 Å². The minimum atomic E-state index is 0.328. The molecule has 0 aliphatic carbocycles. The molecule has 112 valence electrons. The van der Waals surface area contributed by atoms with Gasteiger partial charge in [0, 0.05) is 35.3 Å². The van der Waals surface area contributed by atoms with Gasteiger partial charge in [-0.2, -0.15) is 0 Å². The molecule has 0 amide bonds. The van der Waals surface area contributed by atoms with E-state index < -0.39 is 0 Å². The number of piperazine rings is 1. The first-order valence-electron chi connectivity index (χ1n) is 7.18. The minimum absolute atomic E-state index is 0.328. The molecule has 1 aromatic carbocycles. The third-order valence-corrected chi connectivity index (χ3v) is 4.89. The molecule has 2 atom stereocenters. The van der Waals surface area contributed by atoms with Crippen LogP contribution in [0.25, 0.3) is 0 Å². The summed E-state index contributed by atoms with van der Waals surface area (Å²) in [5.74, 6) is 5.76. The molecule has 2 rings (SSSR count). The largest absolute Gasteiger partial charge is 0.304 e. The Balaban J connectivity index is 1.92. The number of nitrogens with zero attached hydrogens (tertiary/aromatic N) is 2. The van der Waals surface area contributed by atoms with Crippen molar-refractivity contribution in [3.05, 3.63) is 33.4 Å². The summed E-state index contributed by atoms with van der Waals surface area (Å²) >= 11 is 2.34. The first kappa shape index (κ1) is 16.2. The molecule has 0 spiro atoms. The zero-order chi connectivity index (χ0) is 14.5. The van der Waals surface area contributed by atoms with Gasteiger partial charge in [-0.1, -0.05) is 12.1 Å². The van der Waals surface area contributed by atoms with Crippen molar-refractivity contribution in [3.63, 3.8) is 0 Å². The number of nitrogens with one attached hydrogen (secondary N) is 1. The predicted molar refractivity (Wildman–Crippen MR) is 92.5 cm³/mol. The number of benzene rings is 1. The van der Waals surface area contributed by atoms with Gasteiger partial charge in [0.2, 0.25) is 0 Å². The number of rotatable bonds is 5. The Hall–Kier alpha value is -0.210. The quantitative estimate of drug-likeness (QED) is 0.454. The highest BCUT2D eigenvalue weighted by atomic mass is 127. The van der Waals surface area contributed by atoms with Gasteiger partial charge in [0.05, 0.1) is 0 Å². The van der Waals surface area contributed by atoms with E-state index in [4.69, 9.17) is 5.84 Å². The van der Waals surface area contributed by atoms with Crippen LogP contribution < -0.4 is 11.3 Å². The summed E-state index contributed by atoms with van der Waals surface area (Å²) in [6.07, 6.45) is 2.07. The lowest BCUT2D eigenvalue weighted by Crippen LogP contribution is -2.53. The van der Waals surface area contributed by atoms with Gasteiger partial charge in [0.25, 0.3) is 0 Å². The monoisotopic (exact) mass is 388 g/mol. The minimum Gasteiger partial charge on any atom is -0.304 e. The Morgan fingerprint density at radius 1 is 1.30 bits per heavy atom. The molecule has 4 nitrogen and oxygen atoms in total. The highest BCUT2D eigenvalue weighted by Gasteiger charge is 2.24. The maximum absolute atomic E-state index is 5.76. The van der Waals surface area contributed by atoms with Crippen LogP contribution in [0.15, 0.2) is 24.3 Å². The van der Waals surface area contributed by atoms with Crippen LogP contribution in [0, 0.1) is 3.57 Å². The topological polar surface area (TPSA) is 44.5 Å². The maximum Gasteiger partial charge on any atom is 0.0266 e. The Kier molecular flexibility index (Phi) is 6.22. The van der Waals surface area contributed by atoms with Gasteiger partial charge in [0.1, 0.15) is 0 Å². The molecule has 20 heavy (non-hydrogen) atoms. The maximum atomic E-state index is 5.76. The molecular weight excluding hydrogens is 363 g/mol. The Morgan fingerprint density at radius 3 is 2.65 bits per heavy atom. The average Bonchev–Trinajstić information content (AvgIpc) is 2.44. The number of halogens is 1. The van der Waals surface area contributed by atoms with Crippen molar-refractivity contribution in [2.75, 3.05) is 33.7 Å². The van der Waals surface area contributed by atoms with E-state index in [0.29, 0.717) is 12.1 Å². The second kappa shape index (κ2) is 7.70. The van der Waals surface area contributed by atoms with E-state index in [0.717, 1.165) is 32.5 Å². The van der Waals surface area contributed by atoms with E-state index in [2.05, 4.69) is 76.2 Å². The van der Waals surface area contributed by atoms with Gasteiger partial charge in [-0.3, -0.25) is 11.3 Å². The fourth-order valence-electron chi connectivity index (χ4n) is 2.80. The second-order valence-electron chi connectivity index (χ2n) is 5.83. The van der Waals surface area contributed by atoms with Crippen molar-refractivity contribution in [2.45, 2.75) is 24.9 Å². The van der Waals surface area contributed by atoms with Crippen LogP contribution in [-0.2, 0) is 6.42 Å². The lowest BCUT2D eigenvalue weighted by molar-refractivity contribution is 0.101. The van der Waals surface area contributed by atoms with E-state index in [1.807, 2.05) is 0 Å². The average molecular weight is 388 g/mol. The molecular formula is C15H25IN4. The lowest BCUT2D eigenvalue weighted by atomic mass is 9.98. The SMILES string of the molecule is CN1CCN(C)C(CC(Cc2ccc(I)cc2)NN)C1. The summed E-state index contributed by atoms with van der Waals surface area (Å²) in [7, 11) is 4.42. The molecule has 2 unspecified atom stereocenters. The molecule has 5 heteroatoms. The van der Waals surface area contributed by atoms with Crippen molar-refractivity contribution in [1.82, 2.24) is 15.2 Å². The van der Waals surface area contributed by atoms with Crippen LogP contribution in [0.1, 0.15) is 12.0 Å². The molecule has 1 fully saturated rings. The van der Waals surface area contributed by atoms with Crippen LogP contribution in [0.3, 0.4) is 0 Å². The van der Waals surface area contributed by atoms with Gasteiger partial charge in [-0.05, 0) is 67.2 Å². The number of nitrogens with two attached hydrogens (primary N) is 1. The van der Waals surface area contributed by atoms with E-state index >= 15 is 0 Å². The van der Waals surface area contributed by atoms with E-state index in [1.54, 1.807) is 0 Å². The zero-order valence-electron chi connectivity index (χ0n) is 12.3. The lowest BCUT2D eigenvalue weighted by Gasteiger charge is -2.39. The molecule has 1 aliphatic heterocycles. The van der Waals surface area contributed by atoms with E-state index in [9.17, 15) is 0 Å². The molecule has 0 aromatic heterocycles. The van der Waals surface area contributed by atoms with Gasteiger partial charge in [0.15, 0.2) is 0 Å². The fourth-order valence-corrected chi connectivity index (χ4v) is 3.16. The molecule has 3 N–H and O–H groups in total. The zero-order valence-corrected chi connectivity index (χ0v) is 14.5. The number of hydrogen-bond acceptors (Lipinski definition) is 4. The van der Waals surface area contributed by atoms with Gasteiger partial charge >= 0.3 is 0 Å². The van der Waals surface area contributed by atoms with Crippen LogP contribution in [0.4, 0.5) is 0 Å². The van der Waals surface area contributed by atoms with Crippen LogP contribution in [0.2, 0.25) is 0 Å². The smallest absolute Gasteiger partial charge is 0.0266 e. The summed E-state index contributed by atoms with van der Waals surface area (Å²) < 4.78 is 1.28. The molecule has 0 bridgehead atoms. The van der Waals surface area contributed by atoms with Crippen LogP contribution >= 0.6 is 22.6 Å². The molecule has 1 aliphatic rings. The summed E-state index contributed by atoms with van der Waals surface area (Å²) in [6, 6.07) is 9.62. The Labute approximate surface area is 135 Å². The summed E-state index contributed by atoms with van der Waals surface area (Å²) in [6.45, 7) is 3.42. The van der Waals surface area contributed by atoms with Crippen LogP contribution in [0.5, 0.6) is 0 Å². The Morgan fingerprint density at radius 2 is 2.00 bits per heavy atom. The third kappa shape index (κ3) is 4.66. The highest BCUT2D eigenvalue weighted by Crippen LogP contribution is 2.15. The fraction of sp³-hybridized carbons (Fsp3) is 0.600. The highest BCUT2D eigenvalue weighted by molar-refractivity contribution is 14.1. The Bertz CT molecular complexity index is 409. The van der Waals surface area contributed by atoms with Crippen molar-refractivity contribution in [3.8, 4) is 0 Å². The van der Waals surface area contributed by atoms with Gasteiger partial charge < -0.3 is 9.80 Å². The first-order chi connectivity index (χ1) is 9.58. The molecule has 1 saturated heterocycles.